The van der Waals surface area contributed by atoms with Crippen molar-refractivity contribution in [3.63, 3.8) is 0 Å². The lowest BCUT2D eigenvalue weighted by molar-refractivity contribution is 0.252. The summed E-state index contributed by atoms with van der Waals surface area (Å²) < 4.78 is 0. The van der Waals surface area contributed by atoms with Crippen LogP contribution in [0.25, 0.3) is 10.2 Å². The maximum Gasteiger partial charge on any atom is 0.141 e. The van der Waals surface area contributed by atoms with E-state index in [9.17, 15) is 0 Å². The van der Waals surface area contributed by atoms with Gasteiger partial charge in [0.2, 0.25) is 0 Å². The van der Waals surface area contributed by atoms with Crippen LogP contribution < -0.4 is 4.90 Å². The van der Waals surface area contributed by atoms with Crippen molar-refractivity contribution in [1.29, 1.82) is 0 Å². The molecule has 0 amide bonds. The Balaban J connectivity index is 1.73. The molecule has 1 unspecified atom stereocenters. The van der Waals surface area contributed by atoms with E-state index in [2.05, 4.69) is 35.8 Å². The topological polar surface area (TPSA) is 32.3 Å². The number of piperidine rings is 1. The molecule has 2 aromatic heterocycles. The summed E-state index contributed by atoms with van der Waals surface area (Å²) in [6.07, 6.45) is 7.93. The fourth-order valence-electron chi connectivity index (χ4n) is 4.09. The van der Waals surface area contributed by atoms with Crippen molar-refractivity contribution in [1.82, 2.24) is 14.9 Å². The maximum atomic E-state index is 4.71. The van der Waals surface area contributed by atoms with E-state index in [1.165, 1.54) is 55.4 Å². The van der Waals surface area contributed by atoms with Gasteiger partial charge in [-0.2, -0.15) is 0 Å². The minimum Gasteiger partial charge on any atom is -0.356 e. The van der Waals surface area contributed by atoms with Gasteiger partial charge in [-0.25, -0.2) is 9.97 Å². The first-order valence-corrected chi connectivity index (χ1v) is 9.61. The molecule has 4 rings (SSSR count). The fourth-order valence-corrected chi connectivity index (χ4v) is 5.27. The third-order valence-corrected chi connectivity index (χ3v) is 6.84. The van der Waals surface area contributed by atoms with E-state index in [4.69, 9.17) is 4.98 Å². The second-order valence-corrected chi connectivity index (χ2v) is 8.46. The van der Waals surface area contributed by atoms with Crippen LogP contribution in [-0.4, -0.2) is 48.1 Å². The van der Waals surface area contributed by atoms with Crippen molar-refractivity contribution in [2.45, 2.75) is 45.1 Å². The zero-order valence-electron chi connectivity index (χ0n) is 14.4. The molecule has 0 bridgehead atoms. The van der Waals surface area contributed by atoms with E-state index in [0.29, 0.717) is 6.04 Å². The van der Waals surface area contributed by atoms with E-state index in [1.807, 2.05) is 11.3 Å². The van der Waals surface area contributed by atoms with Gasteiger partial charge in [0.25, 0.3) is 0 Å². The number of aromatic nitrogens is 2. The molecular formula is C18H26N4S. The monoisotopic (exact) mass is 330 g/mol. The lowest BCUT2D eigenvalue weighted by atomic mass is 9.88. The van der Waals surface area contributed by atoms with Crippen molar-refractivity contribution >= 4 is 27.4 Å². The van der Waals surface area contributed by atoms with Crippen LogP contribution in [0.4, 0.5) is 5.82 Å². The molecule has 0 N–H and O–H groups in total. The summed E-state index contributed by atoms with van der Waals surface area (Å²) in [4.78, 5) is 16.9. The number of anilines is 1. The molecule has 1 aliphatic heterocycles. The molecule has 0 spiro atoms. The predicted molar refractivity (Wildman–Crippen MR) is 97.5 cm³/mol. The zero-order chi connectivity index (χ0) is 16.0. The van der Waals surface area contributed by atoms with Gasteiger partial charge in [-0.1, -0.05) is 6.92 Å². The Kier molecular flexibility index (Phi) is 4.01. The summed E-state index contributed by atoms with van der Waals surface area (Å²) in [7, 11) is 4.45. The minimum absolute atomic E-state index is 0.598. The van der Waals surface area contributed by atoms with Gasteiger partial charge in [0, 0.05) is 18.0 Å². The largest absolute Gasteiger partial charge is 0.356 e. The highest BCUT2D eigenvalue weighted by atomic mass is 32.1. The second kappa shape index (κ2) is 6.02. The summed E-state index contributed by atoms with van der Waals surface area (Å²) in [6.45, 7) is 4.74. The van der Waals surface area contributed by atoms with Gasteiger partial charge in [-0.15, -0.1) is 11.3 Å². The molecule has 2 aromatic rings. The van der Waals surface area contributed by atoms with Crippen molar-refractivity contribution in [2.24, 2.45) is 5.92 Å². The highest BCUT2D eigenvalue weighted by molar-refractivity contribution is 7.19. The Labute approximate surface area is 142 Å². The molecule has 0 radical (unpaired) electrons. The maximum absolute atomic E-state index is 4.71. The summed E-state index contributed by atoms with van der Waals surface area (Å²) >= 11 is 1.89. The molecule has 1 atom stereocenters. The second-order valence-electron chi connectivity index (χ2n) is 7.37. The van der Waals surface area contributed by atoms with Crippen LogP contribution in [0.5, 0.6) is 0 Å². The summed E-state index contributed by atoms with van der Waals surface area (Å²) in [6, 6.07) is 0.598. The van der Waals surface area contributed by atoms with Crippen LogP contribution in [0.1, 0.15) is 36.6 Å². The van der Waals surface area contributed by atoms with Crippen molar-refractivity contribution in [3.05, 3.63) is 16.8 Å². The molecule has 1 saturated heterocycles. The number of hydrogen-bond acceptors (Lipinski definition) is 5. The normalized spacial score (nSPS) is 23.2. The Morgan fingerprint density at radius 1 is 1.22 bits per heavy atom. The molecule has 0 aromatic carbocycles. The summed E-state index contributed by atoms with van der Waals surface area (Å²) in [5.41, 5.74) is 1.54. The molecular weight excluding hydrogens is 304 g/mol. The van der Waals surface area contributed by atoms with E-state index in [0.717, 1.165) is 11.7 Å². The number of fused-ring (bicyclic) bond motifs is 3. The van der Waals surface area contributed by atoms with E-state index < -0.39 is 0 Å². The summed E-state index contributed by atoms with van der Waals surface area (Å²) in [5.74, 6) is 1.94. The molecule has 0 saturated carbocycles. The molecule has 4 nitrogen and oxygen atoms in total. The van der Waals surface area contributed by atoms with Crippen LogP contribution in [-0.2, 0) is 12.8 Å². The first-order chi connectivity index (χ1) is 11.1. The number of nitrogens with zero attached hydrogens (tertiary/aromatic N) is 4. The standard InChI is InChI=1S/C18H26N4S/c1-12-4-5-15-14(10-12)16-17(19-11-20-18(16)23-15)22(3)13-6-8-21(2)9-7-13/h11-13H,4-10H2,1-3H3. The van der Waals surface area contributed by atoms with Gasteiger partial charge in [-0.05, 0) is 63.7 Å². The van der Waals surface area contributed by atoms with Crippen LogP contribution in [0.15, 0.2) is 6.33 Å². The van der Waals surface area contributed by atoms with Gasteiger partial charge in [0.15, 0.2) is 0 Å². The van der Waals surface area contributed by atoms with E-state index in [-0.39, 0.29) is 0 Å². The fraction of sp³-hybridized carbons (Fsp3) is 0.667. The number of rotatable bonds is 2. The zero-order valence-corrected chi connectivity index (χ0v) is 15.2. The van der Waals surface area contributed by atoms with Crippen molar-refractivity contribution in [3.8, 4) is 0 Å². The van der Waals surface area contributed by atoms with Gasteiger partial charge < -0.3 is 9.80 Å². The molecule has 3 heterocycles. The third kappa shape index (κ3) is 2.74. The molecule has 124 valence electrons. The Hall–Kier alpha value is -1.20. The number of likely N-dealkylation sites (tertiary alicyclic amines) is 1. The number of thiophene rings is 1. The van der Waals surface area contributed by atoms with Gasteiger partial charge >= 0.3 is 0 Å². The van der Waals surface area contributed by atoms with Gasteiger partial charge in [0.1, 0.15) is 17.0 Å². The van der Waals surface area contributed by atoms with Crippen LogP contribution >= 0.6 is 11.3 Å². The van der Waals surface area contributed by atoms with E-state index >= 15 is 0 Å². The smallest absolute Gasteiger partial charge is 0.141 e. The molecule has 5 heteroatoms. The van der Waals surface area contributed by atoms with Crippen LogP contribution in [0.3, 0.4) is 0 Å². The summed E-state index contributed by atoms with van der Waals surface area (Å²) in [5, 5.41) is 1.35. The number of aryl methyl sites for hydroxylation is 1. The Morgan fingerprint density at radius 2 is 2.00 bits per heavy atom. The van der Waals surface area contributed by atoms with E-state index in [1.54, 1.807) is 16.8 Å². The Bertz CT molecular complexity index is 702. The van der Waals surface area contributed by atoms with Crippen molar-refractivity contribution < 1.29 is 0 Å². The average Bonchev–Trinajstić information content (AvgIpc) is 2.93. The number of hydrogen-bond donors (Lipinski definition) is 0. The predicted octanol–water partition coefficient (Wildman–Crippen LogP) is 3.35. The molecule has 23 heavy (non-hydrogen) atoms. The minimum atomic E-state index is 0.598. The average molecular weight is 331 g/mol. The van der Waals surface area contributed by atoms with Crippen LogP contribution in [0, 0.1) is 5.92 Å². The molecule has 1 fully saturated rings. The first-order valence-electron chi connectivity index (χ1n) is 8.80. The lowest BCUT2D eigenvalue weighted by Crippen LogP contribution is -2.42. The quantitative estimate of drug-likeness (QED) is 0.845. The SMILES string of the molecule is CC1CCc2sc3ncnc(N(C)C4CCN(C)CC4)c3c2C1. The van der Waals surface area contributed by atoms with Gasteiger partial charge in [-0.3, -0.25) is 0 Å². The first kappa shape index (κ1) is 15.3. The highest BCUT2D eigenvalue weighted by Gasteiger charge is 2.27. The van der Waals surface area contributed by atoms with Gasteiger partial charge in [0.05, 0.1) is 5.39 Å². The van der Waals surface area contributed by atoms with Crippen LogP contribution in [0.2, 0.25) is 0 Å². The van der Waals surface area contributed by atoms with Crippen molar-refractivity contribution in [2.75, 3.05) is 32.1 Å². The molecule has 1 aliphatic carbocycles. The Morgan fingerprint density at radius 3 is 2.78 bits per heavy atom. The highest BCUT2D eigenvalue weighted by Crippen LogP contribution is 2.41. The molecule has 2 aliphatic rings. The lowest BCUT2D eigenvalue weighted by Gasteiger charge is -2.36. The third-order valence-electron chi connectivity index (χ3n) is 5.64.